The summed E-state index contributed by atoms with van der Waals surface area (Å²) in [6.45, 7) is 1.52. The number of aliphatic carboxylic acids is 4. The molecule has 15 nitrogen and oxygen atoms in total. The summed E-state index contributed by atoms with van der Waals surface area (Å²) in [6.07, 6.45) is 0.748. The molecule has 2 amide bonds. The molecule has 0 bridgehead atoms. The van der Waals surface area contributed by atoms with E-state index in [-0.39, 0.29) is 38.0 Å². The van der Waals surface area contributed by atoms with Crippen LogP contribution >= 0.6 is 0 Å². The molecule has 0 saturated carbocycles. The highest BCUT2D eigenvalue weighted by Crippen LogP contribution is 2.01. The molecule has 0 aromatic rings. The van der Waals surface area contributed by atoms with Crippen molar-refractivity contribution in [2.45, 2.75) is 12.8 Å². The van der Waals surface area contributed by atoms with Crippen molar-refractivity contribution >= 4 is 35.7 Å². The van der Waals surface area contributed by atoms with Crippen LogP contribution < -0.4 is 5.32 Å². The Morgan fingerprint density at radius 1 is 0.514 bits per heavy atom. The summed E-state index contributed by atoms with van der Waals surface area (Å²) in [7, 11) is 0. The van der Waals surface area contributed by atoms with Gasteiger partial charge in [-0.1, -0.05) is 0 Å². The molecule has 2 aliphatic rings. The zero-order valence-corrected chi connectivity index (χ0v) is 19.4. The van der Waals surface area contributed by atoms with Crippen LogP contribution in [0.2, 0.25) is 0 Å². The predicted octanol–water partition coefficient (Wildman–Crippen LogP) is -3.03. The first-order valence-corrected chi connectivity index (χ1v) is 11.0. The molecular weight excluding hydrogens is 470 g/mol. The van der Waals surface area contributed by atoms with Crippen molar-refractivity contribution in [3.63, 3.8) is 0 Å². The Morgan fingerprint density at radius 2 is 0.714 bits per heavy atom. The van der Waals surface area contributed by atoms with E-state index >= 15 is 0 Å². The van der Waals surface area contributed by atoms with Crippen molar-refractivity contribution in [1.82, 2.24) is 24.9 Å². The number of imide groups is 1. The van der Waals surface area contributed by atoms with Crippen LogP contribution in [0.4, 0.5) is 0 Å². The van der Waals surface area contributed by atoms with Crippen LogP contribution in [-0.2, 0) is 28.8 Å². The largest absolute Gasteiger partial charge is 0.480 e. The molecule has 2 aliphatic heterocycles. The van der Waals surface area contributed by atoms with E-state index in [1.54, 1.807) is 19.6 Å². The SMILES string of the molecule is O=C(O)CN1CCN(CC(=O)O)CCN(CC(=O)O)CCN(CC(=O)O)CC1.O=C1CCC(=O)N1. The maximum Gasteiger partial charge on any atom is 0.317 e. The molecule has 198 valence electrons. The van der Waals surface area contributed by atoms with Gasteiger partial charge in [0.25, 0.3) is 0 Å². The smallest absolute Gasteiger partial charge is 0.317 e. The number of rotatable bonds is 8. The maximum absolute atomic E-state index is 11.1. The third kappa shape index (κ3) is 14.7. The zero-order valence-electron chi connectivity index (χ0n) is 19.4. The van der Waals surface area contributed by atoms with E-state index < -0.39 is 23.9 Å². The number of nitrogens with one attached hydrogen (secondary N) is 1. The molecule has 0 unspecified atom stereocenters. The van der Waals surface area contributed by atoms with Gasteiger partial charge in [0.1, 0.15) is 0 Å². The number of carbonyl (C=O) groups excluding carboxylic acids is 2. The quantitative estimate of drug-likeness (QED) is 0.209. The van der Waals surface area contributed by atoms with Crippen LogP contribution in [0, 0.1) is 0 Å². The predicted molar refractivity (Wildman–Crippen MR) is 119 cm³/mol. The van der Waals surface area contributed by atoms with Crippen LogP contribution in [0.25, 0.3) is 0 Å². The van der Waals surface area contributed by atoms with E-state index in [4.69, 9.17) is 20.4 Å². The van der Waals surface area contributed by atoms with Crippen molar-refractivity contribution in [2.24, 2.45) is 0 Å². The van der Waals surface area contributed by atoms with Gasteiger partial charge in [-0.3, -0.25) is 53.7 Å². The first-order chi connectivity index (χ1) is 16.4. The number of nitrogens with zero attached hydrogens (tertiary/aromatic N) is 4. The van der Waals surface area contributed by atoms with Crippen LogP contribution in [0.15, 0.2) is 0 Å². The van der Waals surface area contributed by atoms with Crippen molar-refractivity contribution in [3.8, 4) is 0 Å². The molecule has 2 heterocycles. The summed E-state index contributed by atoms with van der Waals surface area (Å²) in [5.41, 5.74) is 0. The molecule has 35 heavy (non-hydrogen) atoms. The number of carbonyl (C=O) groups is 6. The molecule has 0 spiro atoms. The number of amides is 2. The standard InChI is InChI=1S/C16H28N4O8.C4H5NO2/c21-13(22)9-17-1-2-18(10-14(23)24)5-6-20(12-16(27)28)8-7-19(4-3-17)11-15(25)26;6-3-1-2-4(7)5-3/h1-12H2,(H,21,22)(H,23,24)(H,25,26)(H,27,28);1-2H2,(H,5,6,7). The van der Waals surface area contributed by atoms with Crippen molar-refractivity contribution < 1.29 is 49.2 Å². The summed E-state index contributed by atoms with van der Waals surface area (Å²) < 4.78 is 0. The van der Waals surface area contributed by atoms with Gasteiger partial charge in [-0.15, -0.1) is 0 Å². The van der Waals surface area contributed by atoms with Crippen LogP contribution in [-0.4, -0.2) is 154 Å². The Kier molecular flexibility index (Phi) is 13.4. The first kappa shape index (κ1) is 29.9. The van der Waals surface area contributed by atoms with E-state index in [0.29, 0.717) is 65.2 Å². The lowest BCUT2D eigenvalue weighted by Gasteiger charge is -2.32. The fraction of sp³-hybridized carbons (Fsp3) is 0.700. The molecule has 2 rings (SSSR count). The number of carboxylic acids is 4. The van der Waals surface area contributed by atoms with Gasteiger partial charge in [0, 0.05) is 65.2 Å². The Morgan fingerprint density at radius 3 is 0.829 bits per heavy atom. The zero-order chi connectivity index (χ0) is 26.4. The van der Waals surface area contributed by atoms with E-state index in [1.165, 1.54) is 0 Å². The van der Waals surface area contributed by atoms with Gasteiger partial charge in [0.2, 0.25) is 11.8 Å². The third-order valence-corrected chi connectivity index (χ3v) is 5.22. The molecule has 0 aromatic heterocycles. The molecule has 2 saturated heterocycles. The lowest BCUT2D eigenvalue weighted by Crippen LogP contribution is -2.49. The second-order valence-corrected chi connectivity index (χ2v) is 8.15. The lowest BCUT2D eigenvalue weighted by molar-refractivity contribution is -0.141. The molecule has 2 fully saturated rings. The number of hydrogen-bond acceptors (Lipinski definition) is 10. The molecule has 0 radical (unpaired) electrons. The van der Waals surface area contributed by atoms with Crippen LogP contribution in [0.5, 0.6) is 0 Å². The highest BCUT2D eigenvalue weighted by molar-refractivity contribution is 6.01. The molecule has 5 N–H and O–H groups in total. The summed E-state index contributed by atoms with van der Waals surface area (Å²) in [4.78, 5) is 71.2. The topological polar surface area (TPSA) is 208 Å². The maximum atomic E-state index is 11.1. The molecule has 0 atom stereocenters. The third-order valence-electron chi connectivity index (χ3n) is 5.22. The van der Waals surface area contributed by atoms with Gasteiger partial charge in [0.15, 0.2) is 0 Å². The Labute approximate surface area is 201 Å². The molecule has 15 heteroatoms. The van der Waals surface area contributed by atoms with Crippen LogP contribution in [0.3, 0.4) is 0 Å². The van der Waals surface area contributed by atoms with E-state index in [2.05, 4.69) is 5.32 Å². The van der Waals surface area contributed by atoms with Gasteiger partial charge in [-0.05, 0) is 0 Å². The fourth-order valence-electron chi connectivity index (χ4n) is 3.48. The Bertz CT molecular complexity index is 651. The highest BCUT2D eigenvalue weighted by Gasteiger charge is 2.21. The van der Waals surface area contributed by atoms with Gasteiger partial charge >= 0.3 is 23.9 Å². The molecule has 0 aliphatic carbocycles. The van der Waals surface area contributed by atoms with Gasteiger partial charge in [-0.2, -0.15) is 0 Å². The first-order valence-electron chi connectivity index (χ1n) is 11.0. The normalized spacial score (nSPS) is 19.5. The minimum Gasteiger partial charge on any atom is -0.480 e. The van der Waals surface area contributed by atoms with Crippen LogP contribution in [0.1, 0.15) is 12.8 Å². The molecular formula is C20H33N5O10. The average molecular weight is 504 g/mol. The fourth-order valence-corrected chi connectivity index (χ4v) is 3.48. The summed E-state index contributed by atoms with van der Waals surface area (Å²) >= 11 is 0. The van der Waals surface area contributed by atoms with Gasteiger partial charge in [-0.25, -0.2) is 0 Å². The minimum absolute atomic E-state index is 0.148. The van der Waals surface area contributed by atoms with Crippen molar-refractivity contribution in [3.05, 3.63) is 0 Å². The Balaban J connectivity index is 0.000000744. The Hall–Kier alpha value is -3.14. The van der Waals surface area contributed by atoms with Crippen molar-refractivity contribution in [1.29, 1.82) is 0 Å². The van der Waals surface area contributed by atoms with E-state index in [1.807, 2.05) is 0 Å². The monoisotopic (exact) mass is 503 g/mol. The van der Waals surface area contributed by atoms with E-state index in [0.717, 1.165) is 0 Å². The van der Waals surface area contributed by atoms with Gasteiger partial charge < -0.3 is 20.4 Å². The lowest BCUT2D eigenvalue weighted by atomic mass is 10.3. The van der Waals surface area contributed by atoms with E-state index in [9.17, 15) is 28.8 Å². The molecule has 0 aromatic carbocycles. The number of carboxylic acid groups (broad SMARTS) is 4. The van der Waals surface area contributed by atoms with Crippen molar-refractivity contribution in [2.75, 3.05) is 78.5 Å². The summed E-state index contributed by atoms with van der Waals surface area (Å²) in [5, 5.41) is 38.4. The number of hydrogen-bond donors (Lipinski definition) is 5. The van der Waals surface area contributed by atoms with Gasteiger partial charge in [0.05, 0.1) is 26.2 Å². The highest BCUT2D eigenvalue weighted by atomic mass is 16.4. The summed E-state index contributed by atoms with van der Waals surface area (Å²) in [5.74, 6) is -4.37. The average Bonchev–Trinajstić information content (AvgIpc) is 3.11. The second kappa shape index (κ2) is 15.7. The summed E-state index contributed by atoms with van der Waals surface area (Å²) in [6, 6.07) is 0. The second-order valence-electron chi connectivity index (χ2n) is 8.15. The minimum atomic E-state index is -1.02.